The van der Waals surface area contributed by atoms with E-state index in [2.05, 4.69) is 20.4 Å². The van der Waals surface area contributed by atoms with Crippen LogP contribution < -0.4 is 19.7 Å². The summed E-state index contributed by atoms with van der Waals surface area (Å²) in [6, 6.07) is 9.18. The number of rotatable bonds is 8. The van der Waals surface area contributed by atoms with Crippen LogP contribution in [0.3, 0.4) is 0 Å². The topological polar surface area (TPSA) is 120 Å². The number of hydrogen-bond acceptors (Lipinski definition) is 7. The summed E-state index contributed by atoms with van der Waals surface area (Å²) in [6.45, 7) is 5.59. The lowest BCUT2D eigenvalue weighted by Gasteiger charge is -2.34. The lowest BCUT2D eigenvalue weighted by atomic mass is 9.89. The molecule has 2 fully saturated rings. The summed E-state index contributed by atoms with van der Waals surface area (Å²) in [5, 5.41) is 7.13. The highest BCUT2D eigenvalue weighted by atomic mass is 32.2. The third-order valence-corrected chi connectivity index (χ3v) is 11.0. The van der Waals surface area contributed by atoms with E-state index in [-0.39, 0.29) is 43.4 Å². The third kappa shape index (κ3) is 7.42. The van der Waals surface area contributed by atoms with E-state index in [1.165, 1.54) is 16.4 Å². The Bertz CT molecular complexity index is 1620. The van der Waals surface area contributed by atoms with Crippen LogP contribution >= 0.6 is 0 Å². The number of piperidine rings is 2. The molecule has 2 aromatic carbocycles. The molecular formula is C30H36F3N5O5S2. The predicted octanol–water partition coefficient (Wildman–Crippen LogP) is 3.77. The van der Waals surface area contributed by atoms with Gasteiger partial charge >= 0.3 is 6.36 Å². The maximum absolute atomic E-state index is 13.3. The normalized spacial score (nSPS) is 20.3. The Balaban J connectivity index is 1.28. The van der Waals surface area contributed by atoms with E-state index in [4.69, 9.17) is 0 Å². The van der Waals surface area contributed by atoms with E-state index in [0.29, 0.717) is 0 Å². The van der Waals surface area contributed by atoms with Crippen LogP contribution in [0.1, 0.15) is 47.9 Å². The second-order valence-electron chi connectivity index (χ2n) is 11.5. The first kappa shape index (κ1) is 33.1. The van der Waals surface area contributed by atoms with Crippen LogP contribution in [0.15, 0.2) is 46.8 Å². The minimum absolute atomic E-state index is 0.0402. The first-order valence-corrected chi connectivity index (χ1v) is 17.6. The number of nitrogens with zero attached hydrogens (tertiary/aromatic N) is 3. The van der Waals surface area contributed by atoms with Gasteiger partial charge in [-0.3, -0.25) is 14.1 Å². The molecule has 15 heteroatoms. The molecule has 0 bridgehead atoms. The van der Waals surface area contributed by atoms with Gasteiger partial charge in [-0.25, -0.2) is 12.6 Å². The summed E-state index contributed by atoms with van der Waals surface area (Å²) in [5.41, 5.74) is 2.34. The highest BCUT2D eigenvalue weighted by Crippen LogP contribution is 2.34. The number of sulfonamides is 1. The number of carbonyl (C=O) groups excluding carboxylic acids is 1. The molecule has 10 nitrogen and oxygen atoms in total. The molecule has 0 radical (unpaired) electrons. The van der Waals surface area contributed by atoms with Crippen molar-refractivity contribution in [1.82, 2.24) is 14.9 Å². The number of carbonyl (C=O) groups is 1. The highest BCUT2D eigenvalue weighted by Gasteiger charge is 2.47. The van der Waals surface area contributed by atoms with Crippen molar-refractivity contribution in [2.75, 3.05) is 36.7 Å². The van der Waals surface area contributed by atoms with Gasteiger partial charge < -0.3 is 15.4 Å². The van der Waals surface area contributed by atoms with Crippen LogP contribution in [-0.2, 0) is 25.8 Å². The van der Waals surface area contributed by atoms with Crippen molar-refractivity contribution < 1.29 is 35.3 Å². The van der Waals surface area contributed by atoms with E-state index in [1.807, 2.05) is 30.3 Å². The Labute approximate surface area is 263 Å². The molecule has 2 N–H and O–H groups in total. The van der Waals surface area contributed by atoms with Crippen LogP contribution in [0.5, 0.6) is 5.75 Å². The lowest BCUT2D eigenvalue weighted by Crippen LogP contribution is -2.50. The summed E-state index contributed by atoms with van der Waals surface area (Å²) in [4.78, 5) is 17.5. The quantitative estimate of drug-likeness (QED) is 0.443. The summed E-state index contributed by atoms with van der Waals surface area (Å²) >= 11 is 0. The van der Waals surface area contributed by atoms with Crippen LogP contribution in [0.2, 0.25) is 0 Å². The fraction of sp³-hybridized carbons (Fsp3) is 0.467. The van der Waals surface area contributed by atoms with Crippen LogP contribution in [0.25, 0.3) is 6.08 Å². The zero-order valence-corrected chi connectivity index (χ0v) is 26.8. The molecule has 2 aromatic rings. The van der Waals surface area contributed by atoms with Crippen molar-refractivity contribution in [3.63, 3.8) is 0 Å². The van der Waals surface area contributed by atoms with Gasteiger partial charge in [0.15, 0.2) is 0 Å². The average molecular weight is 668 g/mol. The average Bonchev–Trinajstić information content (AvgIpc) is 3.27. The van der Waals surface area contributed by atoms with E-state index >= 15 is 0 Å². The number of anilines is 1. The second-order valence-corrected chi connectivity index (χ2v) is 14.6. The Morgan fingerprint density at radius 3 is 2.36 bits per heavy atom. The van der Waals surface area contributed by atoms with Gasteiger partial charge in [-0.2, -0.15) is 4.31 Å². The maximum Gasteiger partial charge on any atom is 0.573 e. The van der Waals surface area contributed by atoms with Gasteiger partial charge in [0.2, 0.25) is 10.0 Å². The molecular weight excluding hydrogens is 631 g/mol. The minimum atomic E-state index is -4.86. The summed E-state index contributed by atoms with van der Waals surface area (Å²) in [5.74, 6) is -0.751. The van der Waals surface area contributed by atoms with Crippen molar-refractivity contribution in [3.8, 4) is 5.75 Å². The molecule has 1 amide bonds. The highest BCUT2D eigenvalue weighted by molar-refractivity contribution is 7.92. The summed E-state index contributed by atoms with van der Waals surface area (Å²) < 4.78 is 84.5. The van der Waals surface area contributed by atoms with Gasteiger partial charge in [0, 0.05) is 36.4 Å². The number of hydrogen-bond donors (Lipinski definition) is 2. The number of aryl methyl sites for hydroxylation is 2. The van der Waals surface area contributed by atoms with Gasteiger partial charge in [0.25, 0.3) is 5.91 Å². The predicted molar refractivity (Wildman–Crippen MR) is 168 cm³/mol. The molecule has 244 valence electrons. The molecule has 3 aliphatic rings. The number of nitrogens with one attached hydrogen (secondary N) is 2. The standard InChI is InChI=1S/C30H36F3N5O5S2/c1-20-17-24(38(44(3)40)23-7-12-34-13-8-23)18-21(2)26(20)9-16-45(41,42)37-14-10-29(11-15-37)28(39)35-27(36-29)22-5-4-6-25(19-22)43-30(31,32)33/h4-6,9,16-19,23,34H,7-8,10-15H2,1-3H3,(H,35,36,39)/b16-9+. The largest absolute Gasteiger partial charge is 0.573 e. The Hall–Kier alpha value is -3.27. The lowest BCUT2D eigenvalue weighted by molar-refractivity contribution is -0.274. The monoisotopic (exact) mass is 667 g/mol. The molecule has 3 aliphatic heterocycles. The Morgan fingerprint density at radius 1 is 1.11 bits per heavy atom. The number of ether oxygens (including phenoxy) is 1. The minimum Gasteiger partial charge on any atom is -0.406 e. The first-order chi connectivity index (χ1) is 21.2. The number of halogens is 3. The Morgan fingerprint density at radius 2 is 1.76 bits per heavy atom. The number of alkyl halides is 3. The number of aliphatic imine (C=N–C) groups is 1. The van der Waals surface area contributed by atoms with Crippen molar-refractivity contribution in [3.05, 3.63) is 64.1 Å². The van der Waals surface area contributed by atoms with Crippen LogP contribution in [0, 0.1) is 13.8 Å². The number of amidine groups is 1. The maximum atomic E-state index is 13.3. The Kier molecular flexibility index (Phi) is 9.45. The third-order valence-electron chi connectivity index (χ3n) is 8.39. The summed E-state index contributed by atoms with van der Waals surface area (Å²) in [7, 11) is -5.06. The molecule has 5 rings (SSSR count). The SMILES string of the molecule is Cc1cc(N(C2CCNCC2)S(C)=O)cc(C)c1/C=C/S(=O)(=O)N1CCC2(CC1)N=C(c1cccc(OC(F)(F)F)c1)NC2=O. The smallest absolute Gasteiger partial charge is 0.406 e. The van der Waals surface area contributed by atoms with E-state index in [0.717, 1.165) is 65.8 Å². The summed E-state index contributed by atoms with van der Waals surface area (Å²) in [6.07, 6.45) is 0.366. The fourth-order valence-corrected chi connectivity index (χ4v) is 8.34. The molecule has 1 unspecified atom stereocenters. The number of amides is 1. The molecule has 0 saturated carbocycles. The van der Waals surface area contributed by atoms with Gasteiger partial charge in [-0.15, -0.1) is 13.2 Å². The van der Waals surface area contributed by atoms with Crippen molar-refractivity contribution >= 4 is 44.5 Å². The van der Waals surface area contributed by atoms with Gasteiger partial charge in [0.1, 0.15) is 28.1 Å². The molecule has 0 aliphatic carbocycles. The molecule has 1 atom stereocenters. The van der Waals surface area contributed by atoms with Crippen LogP contribution in [-0.4, -0.2) is 79.1 Å². The van der Waals surface area contributed by atoms with Gasteiger partial charge in [0.05, 0.1) is 5.69 Å². The molecule has 2 saturated heterocycles. The molecule has 45 heavy (non-hydrogen) atoms. The fourth-order valence-electron chi connectivity index (χ4n) is 6.14. The second kappa shape index (κ2) is 12.9. The number of benzene rings is 2. The van der Waals surface area contributed by atoms with E-state index < -0.39 is 44.6 Å². The van der Waals surface area contributed by atoms with Crippen molar-refractivity contribution in [2.45, 2.75) is 57.5 Å². The first-order valence-electron chi connectivity index (χ1n) is 14.6. The van der Waals surface area contributed by atoms with Crippen molar-refractivity contribution in [1.29, 1.82) is 0 Å². The van der Waals surface area contributed by atoms with Gasteiger partial charge in [-0.05, 0) is 99.7 Å². The zero-order chi connectivity index (χ0) is 32.6. The van der Waals surface area contributed by atoms with Crippen LogP contribution in [0.4, 0.5) is 18.9 Å². The van der Waals surface area contributed by atoms with Crippen molar-refractivity contribution in [2.24, 2.45) is 4.99 Å². The molecule has 1 spiro atoms. The zero-order valence-electron chi connectivity index (χ0n) is 25.2. The van der Waals surface area contributed by atoms with E-state index in [1.54, 1.807) is 12.3 Å². The van der Waals surface area contributed by atoms with E-state index in [9.17, 15) is 30.6 Å². The molecule has 0 aromatic heterocycles. The molecule has 3 heterocycles. The van der Waals surface area contributed by atoms with Gasteiger partial charge in [-0.1, -0.05) is 12.1 Å².